The van der Waals surface area contributed by atoms with Crippen molar-refractivity contribution in [2.24, 2.45) is 11.8 Å². The van der Waals surface area contributed by atoms with Crippen LogP contribution in [-0.2, 0) is 6.54 Å². The van der Waals surface area contributed by atoms with Crippen molar-refractivity contribution in [3.8, 4) is 0 Å². The van der Waals surface area contributed by atoms with E-state index in [0.717, 1.165) is 41.5 Å². The van der Waals surface area contributed by atoms with E-state index in [1.54, 1.807) is 11.3 Å². The van der Waals surface area contributed by atoms with Crippen molar-refractivity contribution >= 4 is 16.5 Å². The molecule has 0 bridgehead atoms. The number of anilines is 1. The lowest BCUT2D eigenvalue weighted by atomic mass is 9.87. The second-order valence-electron chi connectivity index (χ2n) is 5.79. The Morgan fingerprint density at radius 1 is 1.32 bits per heavy atom. The molecule has 5 heteroatoms. The molecule has 1 saturated heterocycles. The maximum absolute atomic E-state index is 4.28. The minimum absolute atomic E-state index is 0.827. The summed E-state index contributed by atoms with van der Waals surface area (Å²) in [6, 6.07) is 0. The molecule has 19 heavy (non-hydrogen) atoms. The summed E-state index contributed by atoms with van der Waals surface area (Å²) in [5.41, 5.74) is 0. The van der Waals surface area contributed by atoms with E-state index in [4.69, 9.17) is 0 Å². The van der Waals surface area contributed by atoms with Crippen molar-refractivity contribution in [3.05, 3.63) is 5.01 Å². The van der Waals surface area contributed by atoms with Crippen LogP contribution >= 0.6 is 11.3 Å². The largest absolute Gasteiger partial charge is 0.360 e. The van der Waals surface area contributed by atoms with Gasteiger partial charge >= 0.3 is 0 Å². The maximum Gasteiger partial charge on any atom is 0.205 e. The van der Waals surface area contributed by atoms with Gasteiger partial charge in [-0.1, -0.05) is 32.1 Å². The summed E-state index contributed by atoms with van der Waals surface area (Å²) >= 11 is 1.70. The Morgan fingerprint density at radius 3 is 2.68 bits per heavy atom. The van der Waals surface area contributed by atoms with Gasteiger partial charge in [-0.15, -0.1) is 10.2 Å². The third-order valence-corrected chi connectivity index (χ3v) is 4.79. The first-order valence-electron chi connectivity index (χ1n) is 7.47. The Balaban J connectivity index is 1.77. The highest BCUT2D eigenvalue weighted by atomic mass is 32.1. The molecule has 2 heterocycles. The first-order valence-corrected chi connectivity index (χ1v) is 8.29. The first-order chi connectivity index (χ1) is 9.19. The average Bonchev–Trinajstić information content (AvgIpc) is 2.84. The molecule has 4 nitrogen and oxygen atoms in total. The SMILES string of the molecule is CCCNc1nnc(CN2CCC(C(C)C)CC2)s1. The number of nitrogens with zero attached hydrogens (tertiary/aromatic N) is 3. The quantitative estimate of drug-likeness (QED) is 0.870. The van der Waals surface area contributed by atoms with Crippen LogP contribution < -0.4 is 5.32 Å². The van der Waals surface area contributed by atoms with Crippen LogP contribution in [0.5, 0.6) is 0 Å². The van der Waals surface area contributed by atoms with Crippen LogP contribution in [0, 0.1) is 11.8 Å². The number of piperidine rings is 1. The van der Waals surface area contributed by atoms with Crippen molar-refractivity contribution in [2.45, 2.75) is 46.6 Å². The summed E-state index contributed by atoms with van der Waals surface area (Å²) in [5.74, 6) is 1.74. The maximum atomic E-state index is 4.28. The van der Waals surface area contributed by atoms with E-state index in [1.807, 2.05) is 0 Å². The molecule has 2 rings (SSSR count). The van der Waals surface area contributed by atoms with Gasteiger partial charge in [-0.2, -0.15) is 0 Å². The van der Waals surface area contributed by atoms with Crippen molar-refractivity contribution in [3.63, 3.8) is 0 Å². The monoisotopic (exact) mass is 282 g/mol. The molecule has 0 amide bonds. The zero-order valence-corrected chi connectivity index (χ0v) is 13.2. The van der Waals surface area contributed by atoms with Gasteiger partial charge in [0.2, 0.25) is 5.13 Å². The number of nitrogens with one attached hydrogen (secondary N) is 1. The Labute approximate surface area is 120 Å². The Bertz CT molecular complexity index is 369. The molecule has 0 aromatic carbocycles. The summed E-state index contributed by atoms with van der Waals surface area (Å²) in [4.78, 5) is 2.52. The molecule has 0 spiro atoms. The highest BCUT2D eigenvalue weighted by Crippen LogP contribution is 2.26. The summed E-state index contributed by atoms with van der Waals surface area (Å²) in [6.45, 7) is 11.2. The topological polar surface area (TPSA) is 41.1 Å². The van der Waals surface area contributed by atoms with E-state index >= 15 is 0 Å². The molecule has 1 aliphatic heterocycles. The normalized spacial score (nSPS) is 18.1. The minimum atomic E-state index is 0.827. The van der Waals surface area contributed by atoms with Gasteiger partial charge in [0.15, 0.2) is 0 Å². The Morgan fingerprint density at radius 2 is 2.05 bits per heavy atom. The molecule has 1 aliphatic rings. The van der Waals surface area contributed by atoms with E-state index in [2.05, 4.69) is 41.2 Å². The van der Waals surface area contributed by atoms with Crippen LogP contribution in [0.2, 0.25) is 0 Å². The van der Waals surface area contributed by atoms with Gasteiger partial charge in [-0.05, 0) is 44.2 Å². The average molecular weight is 282 g/mol. The lowest BCUT2D eigenvalue weighted by Crippen LogP contribution is -2.34. The van der Waals surface area contributed by atoms with Crippen LogP contribution in [-0.4, -0.2) is 34.7 Å². The van der Waals surface area contributed by atoms with Crippen LogP contribution in [0.4, 0.5) is 5.13 Å². The molecule has 1 aromatic rings. The smallest absolute Gasteiger partial charge is 0.205 e. The van der Waals surface area contributed by atoms with Crippen molar-refractivity contribution < 1.29 is 0 Å². The second-order valence-corrected chi connectivity index (χ2v) is 6.85. The predicted molar refractivity (Wildman–Crippen MR) is 81.5 cm³/mol. The van der Waals surface area contributed by atoms with E-state index in [1.165, 1.54) is 25.9 Å². The summed E-state index contributed by atoms with van der Waals surface area (Å²) < 4.78 is 0. The van der Waals surface area contributed by atoms with Gasteiger partial charge in [0.05, 0.1) is 6.54 Å². The molecule has 1 fully saturated rings. The van der Waals surface area contributed by atoms with E-state index in [-0.39, 0.29) is 0 Å². The van der Waals surface area contributed by atoms with Gasteiger partial charge in [-0.3, -0.25) is 4.90 Å². The fourth-order valence-electron chi connectivity index (χ4n) is 2.59. The standard InChI is InChI=1S/C14H26N4S/c1-4-7-15-14-17-16-13(19-14)10-18-8-5-12(6-9-18)11(2)3/h11-12H,4-10H2,1-3H3,(H,15,17). The van der Waals surface area contributed by atoms with Gasteiger partial charge in [-0.25, -0.2) is 0 Å². The zero-order valence-electron chi connectivity index (χ0n) is 12.4. The Hall–Kier alpha value is -0.680. The highest BCUT2D eigenvalue weighted by Gasteiger charge is 2.22. The molecule has 108 valence electrons. The second kappa shape index (κ2) is 7.20. The summed E-state index contributed by atoms with van der Waals surface area (Å²) in [7, 11) is 0. The fourth-order valence-corrected chi connectivity index (χ4v) is 3.40. The van der Waals surface area contributed by atoms with Crippen molar-refractivity contribution in [2.75, 3.05) is 25.0 Å². The third-order valence-electron chi connectivity index (χ3n) is 3.93. The van der Waals surface area contributed by atoms with Crippen molar-refractivity contribution in [1.29, 1.82) is 0 Å². The molecular weight excluding hydrogens is 256 g/mol. The summed E-state index contributed by atoms with van der Waals surface area (Å²) in [6.07, 6.45) is 3.78. The van der Waals surface area contributed by atoms with E-state index in [9.17, 15) is 0 Å². The van der Waals surface area contributed by atoms with E-state index < -0.39 is 0 Å². The van der Waals surface area contributed by atoms with Crippen LogP contribution in [0.1, 0.15) is 45.0 Å². The fraction of sp³-hybridized carbons (Fsp3) is 0.857. The molecule has 0 unspecified atom stereocenters. The predicted octanol–water partition coefficient (Wildman–Crippen LogP) is 3.23. The van der Waals surface area contributed by atoms with Gasteiger partial charge in [0, 0.05) is 6.54 Å². The van der Waals surface area contributed by atoms with Gasteiger partial charge in [0.1, 0.15) is 5.01 Å². The lowest BCUT2D eigenvalue weighted by molar-refractivity contribution is 0.151. The molecule has 0 saturated carbocycles. The first kappa shape index (κ1) is 14.7. The van der Waals surface area contributed by atoms with Crippen LogP contribution in [0.15, 0.2) is 0 Å². The highest BCUT2D eigenvalue weighted by molar-refractivity contribution is 7.15. The Kier molecular flexibility index (Phi) is 5.58. The minimum Gasteiger partial charge on any atom is -0.360 e. The third kappa shape index (κ3) is 4.42. The van der Waals surface area contributed by atoms with E-state index in [0.29, 0.717) is 0 Å². The van der Waals surface area contributed by atoms with Gasteiger partial charge in [0.25, 0.3) is 0 Å². The molecule has 0 atom stereocenters. The number of hydrogen-bond acceptors (Lipinski definition) is 5. The zero-order chi connectivity index (χ0) is 13.7. The van der Waals surface area contributed by atoms with Gasteiger partial charge < -0.3 is 5.32 Å². The lowest BCUT2D eigenvalue weighted by Gasteiger charge is -2.33. The summed E-state index contributed by atoms with van der Waals surface area (Å²) in [5, 5.41) is 13.9. The number of aromatic nitrogens is 2. The number of rotatable bonds is 6. The van der Waals surface area contributed by atoms with Crippen molar-refractivity contribution in [1.82, 2.24) is 15.1 Å². The molecule has 1 N–H and O–H groups in total. The molecule has 1 aromatic heterocycles. The number of likely N-dealkylation sites (tertiary alicyclic amines) is 1. The molecule has 0 radical (unpaired) electrons. The molecule has 0 aliphatic carbocycles. The van der Waals surface area contributed by atoms with Crippen LogP contribution in [0.25, 0.3) is 0 Å². The number of hydrogen-bond donors (Lipinski definition) is 1. The molecular formula is C14H26N4S. The van der Waals surface area contributed by atoms with Crippen LogP contribution in [0.3, 0.4) is 0 Å².